The van der Waals surface area contributed by atoms with E-state index in [0.717, 1.165) is 29.7 Å². The van der Waals surface area contributed by atoms with Crippen LogP contribution in [-0.4, -0.2) is 33.4 Å². The number of unbranched alkanes of at least 4 members (excludes halogenated alkanes) is 1. The zero-order valence-electron chi connectivity index (χ0n) is 11.9. The van der Waals surface area contributed by atoms with Crippen LogP contribution in [0.5, 0.6) is 5.75 Å². The fourth-order valence-electron chi connectivity index (χ4n) is 1.81. The Morgan fingerprint density at radius 2 is 2.05 bits per heavy atom. The zero-order chi connectivity index (χ0) is 13.9. The Hall–Kier alpha value is -0.580. The van der Waals surface area contributed by atoms with E-state index in [1.54, 1.807) is 7.11 Å². The van der Waals surface area contributed by atoms with Crippen LogP contribution in [-0.2, 0) is 11.2 Å². The number of ether oxygens (including phenoxy) is 2. The average molecular weight is 330 g/mol. The van der Waals surface area contributed by atoms with E-state index in [2.05, 4.69) is 40.3 Å². The van der Waals surface area contributed by atoms with Gasteiger partial charge in [0.15, 0.2) is 0 Å². The van der Waals surface area contributed by atoms with Gasteiger partial charge in [-0.15, -0.1) is 0 Å². The third-order valence-corrected chi connectivity index (χ3v) is 3.48. The maximum atomic E-state index is 5.61. The molecule has 0 aliphatic rings. The van der Waals surface area contributed by atoms with Crippen LogP contribution in [0.4, 0.5) is 0 Å². The molecule has 0 aromatic heterocycles. The van der Waals surface area contributed by atoms with Gasteiger partial charge in [0.25, 0.3) is 0 Å². The molecule has 0 atom stereocenters. The van der Waals surface area contributed by atoms with E-state index in [1.807, 2.05) is 6.07 Å². The highest BCUT2D eigenvalue weighted by Gasteiger charge is 2.02. The molecule has 0 spiro atoms. The van der Waals surface area contributed by atoms with Crippen LogP contribution in [0.2, 0.25) is 0 Å². The van der Waals surface area contributed by atoms with Crippen molar-refractivity contribution in [1.82, 2.24) is 5.32 Å². The van der Waals surface area contributed by atoms with Crippen molar-refractivity contribution >= 4 is 15.9 Å². The summed E-state index contributed by atoms with van der Waals surface area (Å²) >= 11 is 3.55. The molecule has 3 nitrogen and oxygen atoms in total. The molecular formula is C15H24BrNO2. The number of hydrogen-bond acceptors (Lipinski definition) is 3. The number of aryl methyl sites for hydroxylation is 1. The van der Waals surface area contributed by atoms with Gasteiger partial charge in [0.2, 0.25) is 0 Å². The lowest BCUT2D eigenvalue weighted by molar-refractivity contribution is 0.146. The van der Waals surface area contributed by atoms with Crippen molar-refractivity contribution in [3.63, 3.8) is 0 Å². The van der Waals surface area contributed by atoms with E-state index in [4.69, 9.17) is 9.47 Å². The fourth-order valence-corrected chi connectivity index (χ4v) is 2.35. The van der Waals surface area contributed by atoms with E-state index in [1.165, 1.54) is 18.4 Å². The summed E-state index contributed by atoms with van der Waals surface area (Å²) in [5.41, 5.74) is 1.35. The van der Waals surface area contributed by atoms with Gasteiger partial charge in [-0.25, -0.2) is 0 Å². The van der Waals surface area contributed by atoms with Crippen molar-refractivity contribution < 1.29 is 9.47 Å². The van der Waals surface area contributed by atoms with E-state index in [-0.39, 0.29) is 0 Å². The van der Waals surface area contributed by atoms with Crippen LogP contribution in [0, 0.1) is 0 Å². The lowest BCUT2D eigenvalue weighted by atomic mass is 10.1. The molecule has 0 amide bonds. The van der Waals surface area contributed by atoms with Gasteiger partial charge in [0.1, 0.15) is 12.4 Å². The normalized spacial score (nSPS) is 10.7. The van der Waals surface area contributed by atoms with Crippen molar-refractivity contribution in [2.45, 2.75) is 26.2 Å². The molecule has 0 radical (unpaired) electrons. The Bertz CT molecular complexity index is 358. The maximum absolute atomic E-state index is 5.61. The third kappa shape index (κ3) is 6.95. The topological polar surface area (TPSA) is 30.5 Å². The molecule has 0 fully saturated rings. The first-order valence-electron chi connectivity index (χ1n) is 6.88. The van der Waals surface area contributed by atoms with Gasteiger partial charge in [-0.05, 0) is 66.0 Å². The summed E-state index contributed by atoms with van der Waals surface area (Å²) in [5.74, 6) is 0.883. The summed E-state index contributed by atoms with van der Waals surface area (Å²) in [6.45, 7) is 5.49. The van der Waals surface area contributed by atoms with Crippen LogP contribution in [0.25, 0.3) is 0 Å². The second kappa shape index (κ2) is 10.2. The molecule has 0 aliphatic heterocycles. The first-order valence-corrected chi connectivity index (χ1v) is 7.68. The molecule has 0 aliphatic carbocycles. The Balaban J connectivity index is 2.34. The highest BCUT2D eigenvalue weighted by atomic mass is 79.9. The van der Waals surface area contributed by atoms with Gasteiger partial charge in [0, 0.05) is 7.11 Å². The molecule has 0 saturated carbocycles. The largest absolute Gasteiger partial charge is 0.490 e. The minimum atomic E-state index is 0.580. The molecule has 1 N–H and O–H groups in total. The lowest BCUT2D eigenvalue weighted by Crippen LogP contribution is -2.13. The number of nitrogens with one attached hydrogen (secondary N) is 1. The smallest absolute Gasteiger partial charge is 0.133 e. The van der Waals surface area contributed by atoms with Gasteiger partial charge in [-0.3, -0.25) is 0 Å². The Morgan fingerprint density at radius 3 is 2.74 bits per heavy atom. The second-order valence-electron chi connectivity index (χ2n) is 4.42. The predicted octanol–water partition coefficient (Wildman–Crippen LogP) is 3.41. The maximum Gasteiger partial charge on any atom is 0.133 e. The van der Waals surface area contributed by atoms with Crippen LogP contribution in [0.15, 0.2) is 22.7 Å². The summed E-state index contributed by atoms with van der Waals surface area (Å²) in [6, 6.07) is 6.31. The molecule has 0 heterocycles. The summed E-state index contributed by atoms with van der Waals surface area (Å²) in [4.78, 5) is 0. The highest BCUT2D eigenvalue weighted by molar-refractivity contribution is 9.10. The van der Waals surface area contributed by atoms with E-state index < -0.39 is 0 Å². The predicted molar refractivity (Wildman–Crippen MR) is 83.0 cm³/mol. The Labute approximate surface area is 124 Å². The van der Waals surface area contributed by atoms with E-state index in [9.17, 15) is 0 Å². The molecule has 0 bridgehead atoms. The van der Waals surface area contributed by atoms with Gasteiger partial charge in [-0.1, -0.05) is 13.0 Å². The molecule has 1 aromatic carbocycles. The Morgan fingerprint density at radius 1 is 1.21 bits per heavy atom. The monoisotopic (exact) mass is 329 g/mol. The number of hydrogen-bond donors (Lipinski definition) is 1. The minimum Gasteiger partial charge on any atom is -0.490 e. The van der Waals surface area contributed by atoms with Crippen LogP contribution < -0.4 is 10.1 Å². The first-order chi connectivity index (χ1) is 9.27. The lowest BCUT2D eigenvalue weighted by Gasteiger charge is -2.09. The van der Waals surface area contributed by atoms with Crippen molar-refractivity contribution in [2.75, 3.05) is 33.4 Å². The number of benzene rings is 1. The number of rotatable bonds is 10. The van der Waals surface area contributed by atoms with Crippen LogP contribution in [0.3, 0.4) is 0 Å². The minimum absolute atomic E-state index is 0.580. The van der Waals surface area contributed by atoms with Crippen molar-refractivity contribution in [1.29, 1.82) is 0 Å². The second-order valence-corrected chi connectivity index (χ2v) is 5.27. The summed E-state index contributed by atoms with van der Waals surface area (Å²) in [7, 11) is 1.68. The van der Waals surface area contributed by atoms with E-state index >= 15 is 0 Å². The molecular weight excluding hydrogens is 306 g/mol. The standard InChI is InChI=1S/C15H24BrNO2/c1-3-17-9-5-4-6-13-7-8-15(14(16)12-13)19-11-10-18-2/h7-8,12,17H,3-6,9-11H2,1-2H3. The highest BCUT2D eigenvalue weighted by Crippen LogP contribution is 2.26. The van der Waals surface area contributed by atoms with Gasteiger partial charge < -0.3 is 14.8 Å². The summed E-state index contributed by atoms with van der Waals surface area (Å²) in [5, 5.41) is 3.34. The molecule has 0 unspecified atom stereocenters. The molecule has 1 rings (SSSR count). The molecule has 4 heteroatoms. The summed E-state index contributed by atoms with van der Waals surface area (Å²) < 4.78 is 11.6. The SMILES string of the molecule is CCNCCCCc1ccc(OCCOC)c(Br)c1. The average Bonchev–Trinajstić information content (AvgIpc) is 2.41. The molecule has 1 aromatic rings. The third-order valence-electron chi connectivity index (χ3n) is 2.86. The van der Waals surface area contributed by atoms with E-state index in [0.29, 0.717) is 13.2 Å². The van der Waals surface area contributed by atoms with Crippen molar-refractivity contribution in [2.24, 2.45) is 0 Å². The van der Waals surface area contributed by atoms with Crippen LogP contribution in [0.1, 0.15) is 25.3 Å². The zero-order valence-corrected chi connectivity index (χ0v) is 13.5. The Kier molecular flexibility index (Phi) is 8.88. The van der Waals surface area contributed by atoms with Gasteiger partial charge in [0.05, 0.1) is 11.1 Å². The molecule has 19 heavy (non-hydrogen) atoms. The molecule has 0 saturated heterocycles. The van der Waals surface area contributed by atoms with Crippen molar-refractivity contribution in [3.8, 4) is 5.75 Å². The summed E-state index contributed by atoms with van der Waals surface area (Å²) in [6.07, 6.45) is 3.54. The van der Waals surface area contributed by atoms with Gasteiger partial charge >= 0.3 is 0 Å². The van der Waals surface area contributed by atoms with Crippen molar-refractivity contribution in [3.05, 3.63) is 28.2 Å². The number of halogens is 1. The first kappa shape index (κ1) is 16.5. The van der Waals surface area contributed by atoms with Gasteiger partial charge in [-0.2, -0.15) is 0 Å². The fraction of sp³-hybridized carbons (Fsp3) is 0.600. The quantitative estimate of drug-likeness (QED) is 0.667. The molecule has 108 valence electrons. The number of methoxy groups -OCH3 is 1. The van der Waals surface area contributed by atoms with Crippen LogP contribution >= 0.6 is 15.9 Å².